The molecule has 7 nitrogen and oxygen atoms in total. The van der Waals surface area contributed by atoms with Gasteiger partial charge in [-0.15, -0.1) is 0 Å². The van der Waals surface area contributed by atoms with Crippen LogP contribution in [-0.4, -0.2) is 39.1 Å². The van der Waals surface area contributed by atoms with Crippen LogP contribution >= 0.6 is 0 Å². The van der Waals surface area contributed by atoms with Crippen LogP contribution in [0.1, 0.15) is 12.5 Å². The standard InChI is InChI=1S/C17H21N5O2S/c1-4-19-16-15(18-2)10-12-21-17(16)20-11-9-13-5-7-14(8-6-13)22-25(3,23)24/h4-8,10,12,22H,2,9,11H2,1,3H3,(H,20,21). The van der Waals surface area contributed by atoms with E-state index >= 15 is 0 Å². The van der Waals surface area contributed by atoms with Crippen molar-refractivity contribution in [1.29, 1.82) is 0 Å². The van der Waals surface area contributed by atoms with E-state index in [1.807, 2.05) is 19.1 Å². The Bertz CT molecular complexity index is 861. The largest absolute Gasteiger partial charge is 0.368 e. The molecule has 0 amide bonds. The number of rotatable bonds is 8. The summed E-state index contributed by atoms with van der Waals surface area (Å²) >= 11 is 0. The van der Waals surface area contributed by atoms with E-state index in [2.05, 4.69) is 31.7 Å². The summed E-state index contributed by atoms with van der Waals surface area (Å²) in [4.78, 5) is 12.6. The second-order valence-corrected chi connectivity index (χ2v) is 7.07. The number of aromatic nitrogens is 1. The molecule has 1 aromatic carbocycles. The maximum Gasteiger partial charge on any atom is 0.229 e. The van der Waals surface area contributed by atoms with Crippen molar-refractivity contribution in [2.75, 3.05) is 22.8 Å². The Balaban J connectivity index is 2.00. The van der Waals surface area contributed by atoms with Gasteiger partial charge in [0.1, 0.15) is 5.69 Å². The molecule has 132 valence electrons. The smallest absolute Gasteiger partial charge is 0.229 e. The van der Waals surface area contributed by atoms with Crippen LogP contribution in [0.4, 0.5) is 22.9 Å². The molecule has 0 fully saturated rings. The Morgan fingerprint density at radius 3 is 2.56 bits per heavy atom. The fourth-order valence-electron chi connectivity index (χ4n) is 2.24. The minimum atomic E-state index is -3.26. The Morgan fingerprint density at radius 2 is 1.96 bits per heavy atom. The first kappa shape index (κ1) is 18.6. The van der Waals surface area contributed by atoms with Crippen LogP contribution in [0.25, 0.3) is 0 Å². The van der Waals surface area contributed by atoms with Gasteiger partial charge in [0.05, 0.1) is 11.9 Å². The zero-order valence-corrected chi connectivity index (χ0v) is 15.0. The Morgan fingerprint density at radius 1 is 1.24 bits per heavy atom. The molecular weight excluding hydrogens is 338 g/mol. The lowest BCUT2D eigenvalue weighted by atomic mass is 10.1. The molecule has 0 spiro atoms. The Labute approximate surface area is 148 Å². The number of anilines is 2. The molecular formula is C17H21N5O2S. The summed E-state index contributed by atoms with van der Waals surface area (Å²) in [6, 6.07) is 9.01. The van der Waals surface area contributed by atoms with Crippen LogP contribution in [0, 0.1) is 0 Å². The summed E-state index contributed by atoms with van der Waals surface area (Å²) in [6.07, 6.45) is 5.22. The third kappa shape index (κ3) is 5.68. The van der Waals surface area contributed by atoms with E-state index in [0.717, 1.165) is 18.2 Å². The third-order valence-corrected chi connectivity index (χ3v) is 3.90. The highest BCUT2D eigenvalue weighted by atomic mass is 32.2. The fourth-order valence-corrected chi connectivity index (χ4v) is 2.80. The van der Waals surface area contributed by atoms with Crippen molar-refractivity contribution in [1.82, 2.24) is 4.98 Å². The first-order chi connectivity index (χ1) is 11.9. The monoisotopic (exact) mass is 359 g/mol. The summed E-state index contributed by atoms with van der Waals surface area (Å²) in [7, 11) is -3.26. The number of hydrogen-bond donors (Lipinski definition) is 2. The van der Waals surface area contributed by atoms with Gasteiger partial charge in [0, 0.05) is 24.6 Å². The van der Waals surface area contributed by atoms with E-state index < -0.39 is 10.0 Å². The van der Waals surface area contributed by atoms with E-state index in [9.17, 15) is 8.42 Å². The number of nitrogens with zero attached hydrogens (tertiary/aromatic N) is 3. The second kappa shape index (κ2) is 8.39. The Kier molecular flexibility index (Phi) is 6.24. The van der Waals surface area contributed by atoms with E-state index in [1.165, 1.54) is 0 Å². The predicted molar refractivity (Wildman–Crippen MR) is 104 cm³/mol. The normalized spacial score (nSPS) is 11.4. The number of pyridine rings is 1. The van der Waals surface area contributed by atoms with Crippen LogP contribution in [0.5, 0.6) is 0 Å². The molecule has 0 aliphatic carbocycles. The van der Waals surface area contributed by atoms with Gasteiger partial charge in [-0.05, 0) is 43.8 Å². The van der Waals surface area contributed by atoms with Gasteiger partial charge in [-0.2, -0.15) is 0 Å². The molecule has 0 saturated carbocycles. The molecule has 0 atom stereocenters. The average molecular weight is 359 g/mol. The van der Waals surface area contributed by atoms with E-state index in [1.54, 1.807) is 30.6 Å². The highest BCUT2D eigenvalue weighted by Crippen LogP contribution is 2.33. The molecule has 2 rings (SSSR count). The average Bonchev–Trinajstić information content (AvgIpc) is 2.56. The van der Waals surface area contributed by atoms with Crippen molar-refractivity contribution in [2.24, 2.45) is 9.98 Å². The highest BCUT2D eigenvalue weighted by Gasteiger charge is 2.07. The summed E-state index contributed by atoms with van der Waals surface area (Å²) in [5.74, 6) is 0.651. The van der Waals surface area contributed by atoms with Crippen molar-refractivity contribution >= 4 is 45.8 Å². The summed E-state index contributed by atoms with van der Waals surface area (Å²) < 4.78 is 24.8. The predicted octanol–water partition coefficient (Wildman–Crippen LogP) is 3.16. The molecule has 2 aromatic rings. The maximum absolute atomic E-state index is 11.2. The number of benzene rings is 1. The van der Waals surface area contributed by atoms with Gasteiger partial charge in [-0.3, -0.25) is 14.7 Å². The first-order valence-corrected chi connectivity index (χ1v) is 9.57. The second-order valence-electron chi connectivity index (χ2n) is 5.32. The maximum atomic E-state index is 11.2. The summed E-state index contributed by atoms with van der Waals surface area (Å²) in [6.45, 7) is 6.03. The lowest BCUT2D eigenvalue weighted by molar-refractivity contribution is 0.607. The molecule has 0 bridgehead atoms. The minimum Gasteiger partial charge on any atom is -0.368 e. The molecule has 25 heavy (non-hydrogen) atoms. The van der Waals surface area contributed by atoms with E-state index in [4.69, 9.17) is 0 Å². The van der Waals surface area contributed by atoms with E-state index in [-0.39, 0.29) is 0 Å². The SMILES string of the molecule is C=Nc1ccnc(NCCc2ccc(NS(C)(=O)=O)cc2)c1N=CC. The van der Waals surface area contributed by atoms with Gasteiger partial charge in [0.15, 0.2) is 5.82 Å². The lowest BCUT2D eigenvalue weighted by Gasteiger charge is -2.10. The van der Waals surface area contributed by atoms with Gasteiger partial charge in [-0.25, -0.2) is 13.4 Å². The fraction of sp³-hybridized carbons (Fsp3) is 0.235. The Hall–Kier alpha value is -2.74. The molecule has 0 aliphatic heterocycles. The zero-order chi connectivity index (χ0) is 18.3. The van der Waals surface area contributed by atoms with Gasteiger partial charge >= 0.3 is 0 Å². The van der Waals surface area contributed by atoms with E-state index in [0.29, 0.717) is 29.4 Å². The highest BCUT2D eigenvalue weighted by molar-refractivity contribution is 7.92. The molecule has 0 unspecified atom stereocenters. The quantitative estimate of drug-likeness (QED) is 0.708. The van der Waals surface area contributed by atoms with Crippen LogP contribution in [-0.2, 0) is 16.4 Å². The minimum absolute atomic E-state index is 0.546. The van der Waals surface area contributed by atoms with Crippen molar-refractivity contribution in [3.63, 3.8) is 0 Å². The van der Waals surface area contributed by atoms with Crippen molar-refractivity contribution in [3.05, 3.63) is 42.1 Å². The van der Waals surface area contributed by atoms with Crippen molar-refractivity contribution < 1.29 is 8.42 Å². The van der Waals surface area contributed by atoms with Crippen LogP contribution < -0.4 is 10.0 Å². The molecule has 8 heteroatoms. The van der Waals surface area contributed by atoms with Gasteiger partial charge in [0.2, 0.25) is 10.0 Å². The van der Waals surface area contributed by atoms with Crippen LogP contribution in [0.15, 0.2) is 46.5 Å². The number of nitrogens with one attached hydrogen (secondary N) is 2. The topological polar surface area (TPSA) is 95.8 Å². The molecule has 0 saturated heterocycles. The molecule has 0 radical (unpaired) electrons. The summed E-state index contributed by atoms with van der Waals surface area (Å²) in [5, 5.41) is 3.25. The molecule has 1 heterocycles. The number of sulfonamides is 1. The zero-order valence-electron chi connectivity index (χ0n) is 14.2. The molecule has 1 aromatic heterocycles. The van der Waals surface area contributed by atoms with Crippen LogP contribution in [0.3, 0.4) is 0 Å². The van der Waals surface area contributed by atoms with Crippen molar-refractivity contribution in [2.45, 2.75) is 13.3 Å². The number of aliphatic imine (C=N–C) groups is 2. The molecule has 0 aliphatic rings. The first-order valence-electron chi connectivity index (χ1n) is 7.68. The van der Waals surface area contributed by atoms with Gasteiger partial charge in [0.25, 0.3) is 0 Å². The third-order valence-electron chi connectivity index (χ3n) is 3.29. The molecule has 2 N–H and O–H groups in total. The lowest BCUT2D eigenvalue weighted by Crippen LogP contribution is -2.10. The van der Waals surface area contributed by atoms with Gasteiger partial charge in [-0.1, -0.05) is 12.1 Å². The van der Waals surface area contributed by atoms with Crippen molar-refractivity contribution in [3.8, 4) is 0 Å². The number of hydrogen-bond acceptors (Lipinski definition) is 6. The summed E-state index contributed by atoms with van der Waals surface area (Å²) in [5.41, 5.74) is 2.95. The van der Waals surface area contributed by atoms with Gasteiger partial charge < -0.3 is 5.32 Å². The van der Waals surface area contributed by atoms with Crippen LogP contribution in [0.2, 0.25) is 0 Å².